The molecule has 0 aliphatic heterocycles. The van der Waals surface area contributed by atoms with Crippen LogP contribution in [0.2, 0.25) is 0 Å². The number of hydrogen-bond donors (Lipinski definition) is 0. The normalized spacial score (nSPS) is 8.10. The minimum atomic E-state index is 0.324. The molecule has 0 atom stereocenters. The minimum Gasteiger partial charge on any atom is -0.297 e. The summed E-state index contributed by atoms with van der Waals surface area (Å²) < 4.78 is 11.3. The number of hydrogen-bond acceptors (Lipinski definition) is 3. The van der Waals surface area contributed by atoms with Gasteiger partial charge in [-0.1, -0.05) is 0 Å². The molecule has 0 spiro atoms. The number of aromatic nitrogens is 1. The summed E-state index contributed by atoms with van der Waals surface area (Å²) in [5, 5.41) is 0.324. The predicted octanol–water partition coefficient (Wildman–Crippen LogP) is 1.23. The van der Waals surface area contributed by atoms with Gasteiger partial charge >= 0.3 is 0 Å². The molecule has 10 heavy (non-hydrogen) atoms. The molecule has 0 saturated heterocycles. The van der Waals surface area contributed by atoms with E-state index >= 15 is 0 Å². The van der Waals surface area contributed by atoms with E-state index in [-0.39, 0.29) is 0 Å². The summed E-state index contributed by atoms with van der Waals surface area (Å²) in [7, 11) is 0. The molecule has 0 amide bonds. The topological polar surface area (TPSA) is 30.0 Å². The Bertz CT molecular complexity index is 296. The van der Waals surface area contributed by atoms with Crippen LogP contribution < -0.4 is 0 Å². The molecule has 1 aromatic rings. The summed E-state index contributed by atoms with van der Waals surface area (Å²) in [5.41, 5.74) is 0. The van der Waals surface area contributed by atoms with Gasteiger partial charge in [-0.15, -0.1) is 15.7 Å². The van der Waals surface area contributed by atoms with E-state index < -0.39 is 0 Å². The van der Waals surface area contributed by atoms with Gasteiger partial charge in [0, 0.05) is 12.1 Å². The lowest BCUT2D eigenvalue weighted by Crippen LogP contribution is -1.64. The number of rotatable bonds is 1. The Labute approximate surface area is 60.7 Å². The summed E-state index contributed by atoms with van der Waals surface area (Å²) >= 11 is 1.06. The first-order chi connectivity index (χ1) is 4.86. The van der Waals surface area contributed by atoms with Gasteiger partial charge in [-0.25, -0.2) is 4.98 Å². The largest absolute Gasteiger partial charge is 0.297 e. The Morgan fingerprint density at radius 3 is 3.10 bits per heavy atom. The summed E-state index contributed by atoms with van der Waals surface area (Å²) in [6, 6.07) is 0. The molecule has 0 aromatic carbocycles. The van der Waals surface area contributed by atoms with E-state index in [2.05, 4.69) is 10.9 Å². The second-order valence-electron chi connectivity index (χ2n) is 1.41. The van der Waals surface area contributed by atoms with E-state index in [4.69, 9.17) is 0 Å². The average Bonchev–Trinajstić information content (AvgIpc) is 2.37. The van der Waals surface area contributed by atoms with Crippen LogP contribution in [0.4, 0.5) is 4.39 Å². The van der Waals surface area contributed by atoms with Crippen LogP contribution in [0.15, 0.2) is 6.20 Å². The first-order valence-corrected chi connectivity index (χ1v) is 3.21. The standard InChI is InChI=1S/C6H2FNOS/c7-2-1-6-8-3-5(4-9)10-6/h3-4H. The molecule has 0 fully saturated rings. The molecule has 1 heterocycles. The van der Waals surface area contributed by atoms with Crippen molar-refractivity contribution in [3.63, 3.8) is 0 Å². The maximum Gasteiger partial charge on any atom is 0.170 e. The van der Waals surface area contributed by atoms with Crippen LogP contribution in [-0.4, -0.2) is 11.3 Å². The van der Waals surface area contributed by atoms with Crippen LogP contribution in [-0.2, 0) is 0 Å². The number of aldehydes is 1. The van der Waals surface area contributed by atoms with Gasteiger partial charge in [-0.05, 0) is 0 Å². The van der Waals surface area contributed by atoms with Crippen LogP contribution in [0.3, 0.4) is 0 Å². The molecule has 0 radical (unpaired) electrons. The van der Waals surface area contributed by atoms with Gasteiger partial charge in [0.15, 0.2) is 11.3 Å². The summed E-state index contributed by atoms with van der Waals surface area (Å²) in [4.78, 5) is 14.2. The van der Waals surface area contributed by atoms with Crippen molar-refractivity contribution in [2.75, 3.05) is 0 Å². The highest BCUT2D eigenvalue weighted by Crippen LogP contribution is 2.08. The van der Waals surface area contributed by atoms with Crippen molar-refractivity contribution in [2.24, 2.45) is 0 Å². The second-order valence-corrected chi connectivity index (χ2v) is 2.47. The van der Waals surface area contributed by atoms with E-state index in [9.17, 15) is 9.18 Å². The number of halogens is 1. The van der Waals surface area contributed by atoms with Gasteiger partial charge in [0.05, 0.1) is 4.88 Å². The first kappa shape index (κ1) is 6.90. The number of carbonyl (C=O) groups is 1. The third-order valence-corrected chi connectivity index (χ3v) is 1.63. The van der Waals surface area contributed by atoms with Crippen molar-refractivity contribution < 1.29 is 9.18 Å². The monoisotopic (exact) mass is 155 g/mol. The van der Waals surface area contributed by atoms with Gasteiger partial charge in [0.2, 0.25) is 0 Å². The Hall–Kier alpha value is -1.21. The van der Waals surface area contributed by atoms with E-state index in [1.54, 1.807) is 0 Å². The van der Waals surface area contributed by atoms with Crippen molar-refractivity contribution in [2.45, 2.75) is 0 Å². The van der Waals surface area contributed by atoms with Gasteiger partial charge in [0.25, 0.3) is 0 Å². The highest BCUT2D eigenvalue weighted by molar-refractivity contribution is 7.13. The van der Waals surface area contributed by atoms with Crippen LogP contribution >= 0.6 is 11.3 Å². The highest BCUT2D eigenvalue weighted by atomic mass is 32.1. The fourth-order valence-electron chi connectivity index (χ4n) is 0.439. The molecule has 4 heteroatoms. The van der Waals surface area contributed by atoms with Crippen molar-refractivity contribution in [3.8, 4) is 12.1 Å². The fraction of sp³-hybridized carbons (Fsp3) is 0. The van der Waals surface area contributed by atoms with Crippen molar-refractivity contribution in [1.82, 2.24) is 4.98 Å². The summed E-state index contributed by atoms with van der Waals surface area (Å²) in [6.45, 7) is 0. The third-order valence-electron chi connectivity index (χ3n) is 0.794. The smallest absolute Gasteiger partial charge is 0.170 e. The highest BCUT2D eigenvalue weighted by Gasteiger charge is 1.95. The molecular formula is C6H2FNOS. The molecular weight excluding hydrogens is 153 g/mol. The molecule has 0 bridgehead atoms. The number of carbonyl (C=O) groups excluding carboxylic acids is 1. The van der Waals surface area contributed by atoms with Crippen LogP contribution in [0.1, 0.15) is 14.7 Å². The quantitative estimate of drug-likeness (QED) is 0.451. The van der Waals surface area contributed by atoms with E-state index in [0.717, 1.165) is 11.3 Å². The van der Waals surface area contributed by atoms with E-state index in [1.807, 2.05) is 0 Å². The molecule has 1 rings (SSSR count). The lowest BCUT2D eigenvalue weighted by atomic mass is 10.6. The molecule has 1 aromatic heterocycles. The summed E-state index contributed by atoms with van der Waals surface area (Å²) in [5.74, 6) is 2.09. The van der Waals surface area contributed by atoms with Crippen LogP contribution in [0.25, 0.3) is 0 Å². The lowest BCUT2D eigenvalue weighted by molar-refractivity contribution is 0.112. The Balaban J connectivity index is 2.95. The van der Waals surface area contributed by atoms with Gasteiger partial charge < -0.3 is 0 Å². The predicted molar refractivity (Wildman–Crippen MR) is 35.5 cm³/mol. The zero-order chi connectivity index (χ0) is 7.40. The fourth-order valence-corrected chi connectivity index (χ4v) is 1.01. The number of nitrogens with zero attached hydrogens (tertiary/aromatic N) is 1. The first-order valence-electron chi connectivity index (χ1n) is 2.39. The molecule has 50 valence electrons. The molecule has 0 N–H and O–H groups in total. The van der Waals surface area contributed by atoms with Crippen LogP contribution in [0.5, 0.6) is 0 Å². The number of thiazole rings is 1. The second kappa shape index (κ2) is 3.08. The Morgan fingerprint density at radius 2 is 2.60 bits per heavy atom. The Kier molecular flexibility index (Phi) is 2.13. The van der Waals surface area contributed by atoms with Gasteiger partial charge in [0.1, 0.15) is 6.17 Å². The summed E-state index contributed by atoms with van der Waals surface area (Å²) in [6.07, 6.45) is 3.22. The van der Waals surface area contributed by atoms with Crippen molar-refractivity contribution in [3.05, 3.63) is 16.1 Å². The van der Waals surface area contributed by atoms with Crippen molar-refractivity contribution >= 4 is 17.6 Å². The zero-order valence-corrected chi connectivity index (χ0v) is 5.61. The minimum absolute atomic E-state index is 0.324. The molecule has 0 saturated carbocycles. The van der Waals surface area contributed by atoms with Gasteiger partial charge in [-0.3, -0.25) is 4.79 Å². The lowest BCUT2D eigenvalue weighted by Gasteiger charge is -1.69. The maximum atomic E-state index is 11.3. The van der Waals surface area contributed by atoms with E-state index in [0.29, 0.717) is 16.2 Å². The maximum absolute atomic E-state index is 11.3. The zero-order valence-electron chi connectivity index (χ0n) is 4.80. The SMILES string of the molecule is O=Cc1cnc(C#CF)s1. The molecule has 2 nitrogen and oxygen atoms in total. The average molecular weight is 155 g/mol. The van der Waals surface area contributed by atoms with E-state index in [1.165, 1.54) is 12.4 Å². The van der Waals surface area contributed by atoms with Gasteiger partial charge in [-0.2, -0.15) is 0 Å². The Morgan fingerprint density at radius 1 is 1.80 bits per heavy atom. The van der Waals surface area contributed by atoms with Crippen LogP contribution in [0, 0.1) is 12.1 Å². The van der Waals surface area contributed by atoms with Crippen molar-refractivity contribution in [1.29, 1.82) is 0 Å². The molecule has 0 unspecified atom stereocenters. The third kappa shape index (κ3) is 1.39. The molecule has 0 aliphatic rings. The molecule has 0 aliphatic carbocycles.